The molecule has 9 heteroatoms. The van der Waals surface area contributed by atoms with E-state index in [0.717, 1.165) is 23.0 Å². The zero-order valence-corrected chi connectivity index (χ0v) is 20.8. The maximum atomic E-state index is 13.5. The number of nitro benzene ring substituents is 1. The number of aryl methyl sites for hydroxylation is 1. The van der Waals surface area contributed by atoms with Gasteiger partial charge >= 0.3 is 0 Å². The zero-order chi connectivity index (χ0) is 24.8. The Bertz CT molecular complexity index is 1010. The molecule has 0 radical (unpaired) electrons. The summed E-state index contributed by atoms with van der Waals surface area (Å²) in [5, 5.41) is 22.2. The molecule has 2 aromatic rings. The predicted molar refractivity (Wildman–Crippen MR) is 131 cm³/mol. The molecule has 0 aliphatic rings. The number of anilines is 1. The van der Waals surface area contributed by atoms with Crippen molar-refractivity contribution in [1.82, 2.24) is 4.90 Å². The highest BCUT2D eigenvalue weighted by atomic mass is 32.2. The Morgan fingerprint density at radius 3 is 2.03 bits per heavy atom. The van der Waals surface area contributed by atoms with Gasteiger partial charge in [0, 0.05) is 31.8 Å². The quantitative estimate of drug-likeness (QED) is 0.365. The van der Waals surface area contributed by atoms with Crippen LogP contribution >= 0.6 is 0 Å². The van der Waals surface area contributed by atoms with E-state index in [0.29, 0.717) is 18.4 Å². The fourth-order valence-electron chi connectivity index (χ4n) is 3.75. The largest absolute Gasteiger partial charge is 0.390 e. The molecule has 0 aliphatic heterocycles. The topological polar surface area (TPSA) is 104 Å². The van der Waals surface area contributed by atoms with Gasteiger partial charge in [-0.2, -0.15) is 0 Å². The Labute approximate surface area is 197 Å². The third kappa shape index (κ3) is 7.80. The smallest absolute Gasteiger partial charge is 0.271 e. The number of aliphatic hydroxyl groups excluding tert-OH is 1. The van der Waals surface area contributed by atoms with Gasteiger partial charge in [-0.1, -0.05) is 51.5 Å². The molecule has 33 heavy (non-hydrogen) atoms. The Hall–Kier alpha value is -2.49. The van der Waals surface area contributed by atoms with Crippen molar-refractivity contribution >= 4 is 21.4 Å². The molecule has 8 nitrogen and oxygen atoms in total. The lowest BCUT2D eigenvalue weighted by atomic mass is 10.1. The zero-order valence-electron chi connectivity index (χ0n) is 20.0. The monoisotopic (exact) mass is 477 g/mol. The molecule has 0 amide bonds. The van der Waals surface area contributed by atoms with E-state index < -0.39 is 21.1 Å². The highest BCUT2D eigenvalue weighted by Gasteiger charge is 2.29. The molecule has 0 aliphatic carbocycles. The molecule has 0 fully saturated rings. The van der Waals surface area contributed by atoms with Crippen LogP contribution in [0.25, 0.3) is 0 Å². The summed E-state index contributed by atoms with van der Waals surface area (Å²) in [5.41, 5.74) is 0.837. The normalized spacial score (nSPS) is 13.0. The van der Waals surface area contributed by atoms with Crippen molar-refractivity contribution in [2.75, 3.05) is 30.5 Å². The second kappa shape index (κ2) is 11.6. The fourth-order valence-corrected chi connectivity index (χ4v) is 5.24. The average Bonchev–Trinajstić information content (AvgIpc) is 2.71. The molecule has 0 saturated carbocycles. The first-order valence-corrected chi connectivity index (χ1v) is 12.6. The lowest BCUT2D eigenvalue weighted by Gasteiger charge is -2.31. The summed E-state index contributed by atoms with van der Waals surface area (Å²) in [4.78, 5) is 12.9. The van der Waals surface area contributed by atoms with Gasteiger partial charge < -0.3 is 10.0 Å². The van der Waals surface area contributed by atoms with Crippen molar-refractivity contribution in [1.29, 1.82) is 0 Å². The molecule has 0 saturated heterocycles. The molecular weight excluding hydrogens is 442 g/mol. The van der Waals surface area contributed by atoms with Crippen LogP contribution in [-0.2, 0) is 10.0 Å². The van der Waals surface area contributed by atoms with Gasteiger partial charge in [0.25, 0.3) is 15.7 Å². The number of benzene rings is 2. The number of nitro groups is 1. The van der Waals surface area contributed by atoms with Gasteiger partial charge in [-0.15, -0.1) is 0 Å². The van der Waals surface area contributed by atoms with E-state index in [2.05, 4.69) is 32.6 Å². The standard InChI is InChI=1S/C24H35N3O5S/c1-18(2)14-25(15-19(3)4)16-23(28)17-26(21-7-6-8-22(13-21)27(29)30)33(31,32)24-11-9-20(5)10-12-24/h6-13,18-19,23,28H,14-17H2,1-5H3/t23-/m0/s1. The van der Waals surface area contributed by atoms with Crippen molar-refractivity contribution in [3.8, 4) is 0 Å². The van der Waals surface area contributed by atoms with Gasteiger partial charge in [0.1, 0.15) is 0 Å². The summed E-state index contributed by atoms with van der Waals surface area (Å²) in [6.45, 7) is 11.9. The van der Waals surface area contributed by atoms with Crippen LogP contribution in [0.15, 0.2) is 53.4 Å². The van der Waals surface area contributed by atoms with Crippen LogP contribution in [0.2, 0.25) is 0 Å². The van der Waals surface area contributed by atoms with Crippen LogP contribution in [0.1, 0.15) is 33.3 Å². The van der Waals surface area contributed by atoms with Gasteiger partial charge in [-0.25, -0.2) is 8.42 Å². The van der Waals surface area contributed by atoms with Crippen molar-refractivity contribution < 1.29 is 18.4 Å². The lowest BCUT2D eigenvalue weighted by molar-refractivity contribution is -0.384. The number of aliphatic hydroxyl groups is 1. The van der Waals surface area contributed by atoms with Crippen molar-refractivity contribution in [3.05, 3.63) is 64.2 Å². The van der Waals surface area contributed by atoms with Gasteiger partial charge in [-0.05, 0) is 37.0 Å². The third-order valence-electron chi connectivity index (χ3n) is 5.03. The van der Waals surface area contributed by atoms with Crippen LogP contribution in [0.5, 0.6) is 0 Å². The minimum absolute atomic E-state index is 0.0630. The molecule has 0 aromatic heterocycles. The Morgan fingerprint density at radius 2 is 1.52 bits per heavy atom. The number of hydrogen-bond acceptors (Lipinski definition) is 6. The molecule has 182 valence electrons. The third-order valence-corrected chi connectivity index (χ3v) is 6.84. The van der Waals surface area contributed by atoms with Crippen LogP contribution in [-0.4, -0.2) is 55.6 Å². The summed E-state index contributed by atoms with van der Waals surface area (Å²) < 4.78 is 28.1. The molecule has 1 atom stereocenters. The summed E-state index contributed by atoms with van der Waals surface area (Å²) >= 11 is 0. The lowest BCUT2D eigenvalue weighted by Crippen LogP contribution is -2.44. The van der Waals surface area contributed by atoms with Crippen molar-refractivity contribution in [2.45, 2.75) is 45.6 Å². The van der Waals surface area contributed by atoms with E-state index in [1.165, 1.54) is 36.4 Å². The van der Waals surface area contributed by atoms with Gasteiger partial charge in [-0.3, -0.25) is 14.4 Å². The first-order chi connectivity index (χ1) is 15.4. The van der Waals surface area contributed by atoms with Crippen LogP contribution in [0, 0.1) is 28.9 Å². The Kier molecular flexibility index (Phi) is 9.39. The highest BCUT2D eigenvalue weighted by Crippen LogP contribution is 2.27. The van der Waals surface area contributed by atoms with Crippen LogP contribution in [0.4, 0.5) is 11.4 Å². The molecule has 1 N–H and O–H groups in total. The van der Waals surface area contributed by atoms with E-state index in [1.54, 1.807) is 12.1 Å². The molecule has 0 unspecified atom stereocenters. The van der Waals surface area contributed by atoms with Crippen molar-refractivity contribution in [3.63, 3.8) is 0 Å². The second-order valence-corrected chi connectivity index (χ2v) is 11.1. The summed E-state index contributed by atoms with van der Waals surface area (Å²) in [6.07, 6.45) is -0.984. The van der Waals surface area contributed by atoms with Gasteiger partial charge in [0.05, 0.1) is 28.2 Å². The Balaban J connectivity index is 2.41. The summed E-state index contributed by atoms with van der Waals surface area (Å²) in [7, 11) is -4.06. The minimum atomic E-state index is -4.06. The first kappa shape index (κ1) is 26.8. The van der Waals surface area contributed by atoms with Gasteiger partial charge in [0.15, 0.2) is 0 Å². The molecule has 0 heterocycles. The van der Waals surface area contributed by atoms with Gasteiger partial charge in [0.2, 0.25) is 0 Å². The van der Waals surface area contributed by atoms with E-state index in [4.69, 9.17) is 0 Å². The maximum absolute atomic E-state index is 13.5. The molecule has 0 bridgehead atoms. The van der Waals surface area contributed by atoms with Crippen LogP contribution < -0.4 is 4.31 Å². The molecule has 0 spiro atoms. The van der Waals surface area contributed by atoms with Crippen molar-refractivity contribution in [2.24, 2.45) is 11.8 Å². The van der Waals surface area contributed by atoms with E-state index in [1.807, 2.05) is 6.92 Å². The highest BCUT2D eigenvalue weighted by molar-refractivity contribution is 7.92. The van der Waals surface area contributed by atoms with Crippen LogP contribution in [0.3, 0.4) is 0 Å². The predicted octanol–water partition coefficient (Wildman–Crippen LogP) is 4.07. The van der Waals surface area contributed by atoms with E-state index >= 15 is 0 Å². The van der Waals surface area contributed by atoms with E-state index in [9.17, 15) is 23.6 Å². The number of hydrogen-bond donors (Lipinski definition) is 1. The first-order valence-electron chi connectivity index (χ1n) is 11.1. The minimum Gasteiger partial charge on any atom is -0.390 e. The Morgan fingerprint density at radius 1 is 0.939 bits per heavy atom. The summed E-state index contributed by atoms with van der Waals surface area (Å²) in [6, 6.07) is 11.9. The number of rotatable bonds is 12. The average molecular weight is 478 g/mol. The molecule has 2 aromatic carbocycles. The molecule has 2 rings (SSSR count). The molecular formula is C24H35N3O5S. The SMILES string of the molecule is Cc1ccc(S(=O)(=O)N(C[C@@H](O)CN(CC(C)C)CC(C)C)c2cccc([N+](=O)[O-])c2)cc1. The summed E-state index contributed by atoms with van der Waals surface area (Å²) in [5.74, 6) is 0.778. The maximum Gasteiger partial charge on any atom is 0.271 e. The van der Waals surface area contributed by atoms with E-state index in [-0.39, 0.29) is 22.8 Å². The fraction of sp³-hybridized carbons (Fsp3) is 0.500. The second-order valence-electron chi connectivity index (χ2n) is 9.29. The number of non-ortho nitro benzene ring substituents is 1. The number of nitrogens with zero attached hydrogens (tertiary/aromatic N) is 3. The number of sulfonamides is 1.